The van der Waals surface area contributed by atoms with Crippen molar-refractivity contribution in [1.29, 1.82) is 0 Å². The molecule has 0 spiro atoms. The molecule has 2 rings (SSSR count). The van der Waals surface area contributed by atoms with E-state index in [9.17, 15) is 0 Å². The lowest BCUT2D eigenvalue weighted by Crippen LogP contribution is -2.40. The Bertz CT molecular complexity index is 550. The molecule has 0 aliphatic carbocycles. The molecule has 0 bridgehead atoms. The molecule has 5 nitrogen and oxygen atoms in total. The van der Waals surface area contributed by atoms with Gasteiger partial charge in [0.2, 0.25) is 0 Å². The first-order chi connectivity index (χ1) is 11.7. The number of hydrogen-bond acceptors (Lipinski definition) is 3. The standard InChI is InChI=1S/C19H30N4O.HI/c1-4-9-21-19(20-5-2)22-13-17-7-6-8-18(12-17)15-23-10-11-24-16(3)14-23;/h4,6-8,12,16H,1,5,9-11,13-15H2,2-3H3,(H2,20,21,22);1H. The Morgan fingerprint density at radius 2 is 2.20 bits per heavy atom. The summed E-state index contributed by atoms with van der Waals surface area (Å²) in [6.45, 7) is 13.9. The van der Waals surface area contributed by atoms with Gasteiger partial charge in [-0.1, -0.05) is 30.3 Å². The molecule has 25 heavy (non-hydrogen) atoms. The third kappa shape index (κ3) is 8.20. The van der Waals surface area contributed by atoms with Crippen LogP contribution in [0.1, 0.15) is 25.0 Å². The summed E-state index contributed by atoms with van der Waals surface area (Å²) in [4.78, 5) is 7.08. The van der Waals surface area contributed by atoms with Gasteiger partial charge in [0.25, 0.3) is 0 Å². The number of guanidine groups is 1. The summed E-state index contributed by atoms with van der Waals surface area (Å²) in [6.07, 6.45) is 2.15. The maximum atomic E-state index is 5.61. The fourth-order valence-corrected chi connectivity index (χ4v) is 2.80. The van der Waals surface area contributed by atoms with Gasteiger partial charge in [-0.15, -0.1) is 30.6 Å². The summed E-state index contributed by atoms with van der Waals surface area (Å²) in [5.41, 5.74) is 2.56. The molecule has 1 atom stereocenters. The van der Waals surface area contributed by atoms with E-state index in [4.69, 9.17) is 4.74 Å². The van der Waals surface area contributed by atoms with E-state index in [-0.39, 0.29) is 24.0 Å². The molecule has 0 amide bonds. The van der Waals surface area contributed by atoms with Gasteiger partial charge in [0, 0.05) is 32.7 Å². The number of rotatable bonds is 7. The van der Waals surface area contributed by atoms with Crippen LogP contribution in [0.4, 0.5) is 0 Å². The number of ether oxygens (including phenoxy) is 1. The molecule has 1 unspecified atom stereocenters. The van der Waals surface area contributed by atoms with E-state index in [2.05, 4.69) is 65.2 Å². The molecule has 0 saturated carbocycles. The van der Waals surface area contributed by atoms with Crippen molar-refractivity contribution in [3.05, 3.63) is 48.0 Å². The maximum Gasteiger partial charge on any atom is 0.191 e. The fraction of sp³-hybridized carbons (Fsp3) is 0.526. The molecule has 140 valence electrons. The lowest BCUT2D eigenvalue weighted by Gasteiger charge is -2.31. The van der Waals surface area contributed by atoms with Crippen LogP contribution in [0.3, 0.4) is 0 Å². The zero-order valence-corrected chi connectivity index (χ0v) is 17.7. The van der Waals surface area contributed by atoms with Crippen LogP contribution in [0.5, 0.6) is 0 Å². The number of aliphatic imine (C=N–C) groups is 1. The predicted molar refractivity (Wildman–Crippen MR) is 116 cm³/mol. The molecule has 1 saturated heterocycles. The Balaban J connectivity index is 0.00000312. The van der Waals surface area contributed by atoms with Crippen LogP contribution >= 0.6 is 24.0 Å². The molecule has 1 aliphatic heterocycles. The number of halogens is 1. The highest BCUT2D eigenvalue weighted by atomic mass is 127. The highest BCUT2D eigenvalue weighted by Gasteiger charge is 2.16. The highest BCUT2D eigenvalue weighted by molar-refractivity contribution is 14.0. The van der Waals surface area contributed by atoms with E-state index < -0.39 is 0 Å². The van der Waals surface area contributed by atoms with E-state index in [1.165, 1.54) is 11.1 Å². The molecule has 1 fully saturated rings. The zero-order chi connectivity index (χ0) is 17.2. The molecule has 0 radical (unpaired) electrons. The van der Waals surface area contributed by atoms with Gasteiger partial charge in [-0.2, -0.15) is 0 Å². The number of morpholine rings is 1. The number of benzene rings is 1. The Kier molecular flexibility index (Phi) is 10.8. The first-order valence-corrected chi connectivity index (χ1v) is 8.76. The van der Waals surface area contributed by atoms with Crippen LogP contribution in [0.25, 0.3) is 0 Å². The number of hydrogen-bond donors (Lipinski definition) is 2. The molecule has 0 aromatic heterocycles. The Hall–Kier alpha value is -1.12. The van der Waals surface area contributed by atoms with Crippen molar-refractivity contribution < 1.29 is 4.74 Å². The summed E-state index contributed by atoms with van der Waals surface area (Å²) in [7, 11) is 0. The SMILES string of the molecule is C=CCNC(=NCc1cccc(CN2CCOC(C)C2)c1)NCC.I. The fourth-order valence-electron chi connectivity index (χ4n) is 2.80. The molecule has 1 aliphatic rings. The van der Waals surface area contributed by atoms with E-state index in [0.717, 1.165) is 38.7 Å². The van der Waals surface area contributed by atoms with Gasteiger partial charge in [0.15, 0.2) is 5.96 Å². The minimum atomic E-state index is 0. The smallest absolute Gasteiger partial charge is 0.191 e. The van der Waals surface area contributed by atoms with Gasteiger partial charge in [-0.3, -0.25) is 4.90 Å². The monoisotopic (exact) mass is 458 g/mol. The summed E-state index contributed by atoms with van der Waals surface area (Å²) in [6, 6.07) is 8.69. The van der Waals surface area contributed by atoms with E-state index in [1.54, 1.807) is 0 Å². The lowest BCUT2D eigenvalue weighted by atomic mass is 10.1. The molecule has 1 aromatic rings. The van der Waals surface area contributed by atoms with Crippen molar-refractivity contribution in [3.63, 3.8) is 0 Å². The molecule has 6 heteroatoms. The van der Waals surface area contributed by atoms with Crippen LogP contribution < -0.4 is 10.6 Å². The third-order valence-electron chi connectivity index (χ3n) is 3.90. The summed E-state index contributed by atoms with van der Waals surface area (Å²) >= 11 is 0. The second kappa shape index (κ2) is 12.3. The van der Waals surface area contributed by atoms with Gasteiger partial charge >= 0.3 is 0 Å². The van der Waals surface area contributed by atoms with Crippen LogP contribution in [-0.2, 0) is 17.8 Å². The normalized spacial score (nSPS) is 18.3. The quantitative estimate of drug-likeness (QED) is 0.286. The van der Waals surface area contributed by atoms with E-state index in [0.29, 0.717) is 19.2 Å². The van der Waals surface area contributed by atoms with Gasteiger partial charge < -0.3 is 15.4 Å². The van der Waals surface area contributed by atoms with Gasteiger partial charge in [-0.25, -0.2) is 4.99 Å². The Labute approximate surface area is 168 Å². The topological polar surface area (TPSA) is 48.9 Å². The summed E-state index contributed by atoms with van der Waals surface area (Å²) < 4.78 is 5.61. The molecule has 2 N–H and O–H groups in total. The van der Waals surface area contributed by atoms with Gasteiger partial charge in [0.05, 0.1) is 19.3 Å². The molecule has 1 heterocycles. The van der Waals surface area contributed by atoms with Crippen molar-refractivity contribution in [1.82, 2.24) is 15.5 Å². The van der Waals surface area contributed by atoms with Crippen LogP contribution in [-0.4, -0.2) is 49.7 Å². The highest BCUT2D eigenvalue weighted by Crippen LogP contribution is 2.12. The zero-order valence-electron chi connectivity index (χ0n) is 15.3. The minimum Gasteiger partial charge on any atom is -0.376 e. The summed E-state index contributed by atoms with van der Waals surface area (Å²) in [5.74, 6) is 0.824. The lowest BCUT2D eigenvalue weighted by molar-refractivity contribution is -0.0212. The van der Waals surface area contributed by atoms with Gasteiger partial charge in [-0.05, 0) is 25.0 Å². The number of nitrogens with zero attached hydrogens (tertiary/aromatic N) is 2. The first kappa shape index (κ1) is 21.9. The summed E-state index contributed by atoms with van der Waals surface area (Å²) in [5, 5.41) is 6.47. The molecule has 1 aromatic carbocycles. The van der Waals surface area contributed by atoms with Crippen LogP contribution in [0, 0.1) is 0 Å². The minimum absolute atomic E-state index is 0. The first-order valence-electron chi connectivity index (χ1n) is 8.76. The second-order valence-electron chi connectivity index (χ2n) is 6.10. The second-order valence-corrected chi connectivity index (χ2v) is 6.10. The van der Waals surface area contributed by atoms with Crippen molar-refractivity contribution >= 4 is 29.9 Å². The Morgan fingerprint density at radius 3 is 2.92 bits per heavy atom. The maximum absolute atomic E-state index is 5.61. The van der Waals surface area contributed by atoms with Crippen molar-refractivity contribution in [2.75, 3.05) is 32.8 Å². The van der Waals surface area contributed by atoms with Crippen LogP contribution in [0.15, 0.2) is 41.9 Å². The average molecular weight is 458 g/mol. The predicted octanol–water partition coefficient (Wildman–Crippen LogP) is 2.77. The van der Waals surface area contributed by atoms with Crippen molar-refractivity contribution in [2.45, 2.75) is 33.0 Å². The average Bonchev–Trinajstić information content (AvgIpc) is 2.58. The van der Waals surface area contributed by atoms with E-state index >= 15 is 0 Å². The molecular formula is C19H31IN4O. The van der Waals surface area contributed by atoms with Gasteiger partial charge in [0.1, 0.15) is 0 Å². The third-order valence-corrected chi connectivity index (χ3v) is 3.90. The Morgan fingerprint density at radius 1 is 1.40 bits per heavy atom. The molecular weight excluding hydrogens is 427 g/mol. The van der Waals surface area contributed by atoms with Crippen molar-refractivity contribution in [3.8, 4) is 0 Å². The van der Waals surface area contributed by atoms with Crippen LogP contribution in [0.2, 0.25) is 0 Å². The largest absolute Gasteiger partial charge is 0.376 e. The van der Waals surface area contributed by atoms with Crippen molar-refractivity contribution in [2.24, 2.45) is 4.99 Å². The number of nitrogens with one attached hydrogen (secondary N) is 2. The van der Waals surface area contributed by atoms with E-state index in [1.807, 2.05) is 6.08 Å².